The molecule has 6 nitrogen and oxygen atoms in total. The van der Waals surface area contributed by atoms with Gasteiger partial charge in [0, 0.05) is 29.0 Å². The standard InChI is InChI=1S/C34H32N4O2S/c1-22-9-5-6-11-31(22)37-23(2)21-29(24(37)3)33-32(30-10-7-8-20-35-30)36-34(41)38(33)25-12-14-27(15-13-25)40-28-18-16-26(39-4)17-19-28/h5-21,32-33H,1-4H3,(H,36,41). The van der Waals surface area contributed by atoms with Crippen molar-refractivity contribution in [2.75, 3.05) is 12.0 Å². The lowest BCUT2D eigenvalue weighted by atomic mass is 9.96. The molecule has 41 heavy (non-hydrogen) atoms. The normalized spacial score (nSPS) is 16.5. The topological polar surface area (TPSA) is 51.6 Å². The molecule has 3 heterocycles. The maximum Gasteiger partial charge on any atom is 0.174 e. The SMILES string of the molecule is COc1ccc(Oc2ccc(N3C(=S)NC(c4ccccn4)C3c3cc(C)n(-c4ccccc4C)c3C)cc2)cc1. The number of aryl methyl sites for hydroxylation is 2. The molecule has 0 aliphatic carbocycles. The van der Waals surface area contributed by atoms with Gasteiger partial charge in [-0.25, -0.2) is 0 Å². The summed E-state index contributed by atoms with van der Waals surface area (Å²) in [5.41, 5.74) is 7.89. The number of rotatable bonds is 7. The first-order valence-corrected chi connectivity index (χ1v) is 14.0. The lowest BCUT2D eigenvalue weighted by Crippen LogP contribution is -2.29. The average molecular weight is 561 g/mol. The van der Waals surface area contributed by atoms with Crippen molar-refractivity contribution in [1.82, 2.24) is 14.9 Å². The lowest BCUT2D eigenvalue weighted by molar-refractivity contribution is 0.413. The number of ether oxygens (including phenoxy) is 2. The van der Waals surface area contributed by atoms with E-state index < -0.39 is 0 Å². The average Bonchev–Trinajstić information content (AvgIpc) is 3.49. The molecule has 1 aliphatic rings. The number of thiocarbonyl (C=S) groups is 1. The quantitative estimate of drug-likeness (QED) is 0.205. The van der Waals surface area contributed by atoms with Crippen LogP contribution in [0.15, 0.2) is 103 Å². The minimum atomic E-state index is -0.121. The fraction of sp³-hybridized carbons (Fsp3) is 0.176. The molecule has 1 N–H and O–H groups in total. The third-order valence-electron chi connectivity index (χ3n) is 7.65. The number of pyridine rings is 1. The fourth-order valence-electron chi connectivity index (χ4n) is 5.68. The number of nitrogens with one attached hydrogen (secondary N) is 1. The number of hydrogen-bond donors (Lipinski definition) is 1. The van der Waals surface area contributed by atoms with Gasteiger partial charge in [-0.05, 0) is 117 Å². The summed E-state index contributed by atoms with van der Waals surface area (Å²) in [6.45, 7) is 6.50. The molecule has 1 fully saturated rings. The maximum absolute atomic E-state index is 6.09. The summed E-state index contributed by atoms with van der Waals surface area (Å²) < 4.78 is 13.7. The van der Waals surface area contributed by atoms with Crippen molar-refractivity contribution in [1.29, 1.82) is 0 Å². The second kappa shape index (κ2) is 11.1. The molecule has 2 unspecified atom stereocenters. The fourth-order valence-corrected chi connectivity index (χ4v) is 6.02. The van der Waals surface area contributed by atoms with E-state index in [1.54, 1.807) is 7.11 Å². The number of anilines is 1. The highest BCUT2D eigenvalue weighted by molar-refractivity contribution is 7.80. The number of aromatic nitrogens is 2. The molecule has 1 saturated heterocycles. The highest BCUT2D eigenvalue weighted by Gasteiger charge is 2.42. The van der Waals surface area contributed by atoms with E-state index in [9.17, 15) is 0 Å². The Morgan fingerprint density at radius 2 is 1.46 bits per heavy atom. The first kappa shape index (κ1) is 26.6. The number of benzene rings is 3. The first-order chi connectivity index (χ1) is 19.9. The van der Waals surface area contributed by atoms with E-state index in [1.807, 2.05) is 54.7 Å². The zero-order valence-electron chi connectivity index (χ0n) is 23.5. The maximum atomic E-state index is 6.09. The molecule has 7 heteroatoms. The van der Waals surface area contributed by atoms with Crippen molar-refractivity contribution in [3.63, 3.8) is 0 Å². The summed E-state index contributed by atoms with van der Waals surface area (Å²) >= 11 is 5.97. The summed E-state index contributed by atoms with van der Waals surface area (Å²) in [5, 5.41) is 4.24. The smallest absolute Gasteiger partial charge is 0.174 e. The van der Waals surface area contributed by atoms with Gasteiger partial charge in [0.15, 0.2) is 5.11 Å². The van der Waals surface area contributed by atoms with Gasteiger partial charge in [-0.1, -0.05) is 24.3 Å². The molecule has 1 aliphatic heterocycles. The van der Waals surface area contributed by atoms with Crippen LogP contribution in [0.2, 0.25) is 0 Å². The van der Waals surface area contributed by atoms with Crippen LogP contribution in [0.25, 0.3) is 5.69 Å². The molecule has 0 spiro atoms. The van der Waals surface area contributed by atoms with Gasteiger partial charge in [-0.15, -0.1) is 0 Å². The van der Waals surface area contributed by atoms with E-state index in [2.05, 4.69) is 84.1 Å². The largest absolute Gasteiger partial charge is 0.497 e. The molecule has 206 valence electrons. The van der Waals surface area contributed by atoms with Crippen LogP contribution in [0.4, 0.5) is 5.69 Å². The van der Waals surface area contributed by atoms with Gasteiger partial charge in [-0.3, -0.25) is 4.98 Å². The van der Waals surface area contributed by atoms with E-state index >= 15 is 0 Å². The van der Waals surface area contributed by atoms with Crippen molar-refractivity contribution in [2.24, 2.45) is 0 Å². The van der Waals surface area contributed by atoms with E-state index in [0.717, 1.165) is 28.6 Å². The number of para-hydroxylation sites is 1. The van der Waals surface area contributed by atoms with Crippen LogP contribution in [0.5, 0.6) is 17.2 Å². The Bertz CT molecular complexity index is 1680. The Morgan fingerprint density at radius 1 is 0.805 bits per heavy atom. The van der Waals surface area contributed by atoms with Gasteiger partial charge in [0.25, 0.3) is 0 Å². The third-order valence-corrected chi connectivity index (χ3v) is 7.97. The predicted octanol–water partition coefficient (Wildman–Crippen LogP) is 7.78. The van der Waals surface area contributed by atoms with Crippen LogP contribution in [0.3, 0.4) is 0 Å². The zero-order chi connectivity index (χ0) is 28.5. The summed E-state index contributed by atoms with van der Waals surface area (Å²) in [7, 11) is 1.65. The Balaban J connectivity index is 1.39. The Morgan fingerprint density at radius 3 is 2.12 bits per heavy atom. The number of hydrogen-bond acceptors (Lipinski definition) is 4. The zero-order valence-corrected chi connectivity index (χ0v) is 24.4. The van der Waals surface area contributed by atoms with Gasteiger partial charge in [0.2, 0.25) is 0 Å². The van der Waals surface area contributed by atoms with Crippen molar-refractivity contribution in [3.05, 3.63) is 131 Å². The van der Waals surface area contributed by atoms with E-state index in [0.29, 0.717) is 5.11 Å². The molecular formula is C34H32N4O2S. The van der Waals surface area contributed by atoms with Gasteiger partial charge in [0.05, 0.1) is 24.9 Å². The summed E-state index contributed by atoms with van der Waals surface area (Å²) in [4.78, 5) is 6.92. The minimum absolute atomic E-state index is 0.102. The van der Waals surface area contributed by atoms with Crippen molar-refractivity contribution in [3.8, 4) is 22.9 Å². The highest BCUT2D eigenvalue weighted by atomic mass is 32.1. The molecule has 3 aromatic carbocycles. The van der Waals surface area contributed by atoms with E-state index in [1.165, 1.54) is 28.2 Å². The van der Waals surface area contributed by atoms with Crippen LogP contribution in [0.1, 0.15) is 40.3 Å². The van der Waals surface area contributed by atoms with Crippen LogP contribution in [-0.4, -0.2) is 21.8 Å². The molecule has 2 aromatic heterocycles. The monoisotopic (exact) mass is 560 g/mol. The van der Waals surface area contributed by atoms with Crippen molar-refractivity contribution in [2.45, 2.75) is 32.9 Å². The predicted molar refractivity (Wildman–Crippen MR) is 167 cm³/mol. The van der Waals surface area contributed by atoms with Gasteiger partial charge >= 0.3 is 0 Å². The summed E-state index contributed by atoms with van der Waals surface area (Å²) in [5.74, 6) is 2.28. The van der Waals surface area contributed by atoms with Crippen molar-refractivity contribution >= 4 is 23.0 Å². The van der Waals surface area contributed by atoms with E-state index in [4.69, 9.17) is 26.7 Å². The van der Waals surface area contributed by atoms with Crippen LogP contribution in [0, 0.1) is 20.8 Å². The molecule has 5 aromatic rings. The van der Waals surface area contributed by atoms with E-state index in [-0.39, 0.29) is 12.1 Å². The molecule has 0 bridgehead atoms. The Labute approximate surface area is 246 Å². The van der Waals surface area contributed by atoms with Crippen LogP contribution < -0.4 is 19.7 Å². The first-order valence-electron chi connectivity index (χ1n) is 13.6. The molecule has 0 amide bonds. The summed E-state index contributed by atoms with van der Waals surface area (Å²) in [6, 6.07) is 32.2. The highest BCUT2D eigenvalue weighted by Crippen LogP contribution is 2.44. The van der Waals surface area contributed by atoms with Gasteiger partial charge in [-0.2, -0.15) is 0 Å². The Kier molecular flexibility index (Phi) is 7.20. The third kappa shape index (κ3) is 5.05. The molecule has 0 saturated carbocycles. The molecule has 0 radical (unpaired) electrons. The van der Waals surface area contributed by atoms with Crippen LogP contribution in [-0.2, 0) is 0 Å². The second-order valence-corrected chi connectivity index (χ2v) is 10.6. The van der Waals surface area contributed by atoms with Gasteiger partial charge in [0.1, 0.15) is 17.2 Å². The van der Waals surface area contributed by atoms with Crippen molar-refractivity contribution < 1.29 is 9.47 Å². The number of methoxy groups -OCH3 is 1. The molecule has 6 rings (SSSR count). The van der Waals surface area contributed by atoms with Gasteiger partial charge < -0.3 is 24.3 Å². The number of nitrogens with zero attached hydrogens (tertiary/aromatic N) is 3. The lowest BCUT2D eigenvalue weighted by Gasteiger charge is -2.28. The van der Waals surface area contributed by atoms with Crippen LogP contribution >= 0.6 is 12.2 Å². The minimum Gasteiger partial charge on any atom is -0.497 e. The summed E-state index contributed by atoms with van der Waals surface area (Å²) in [6.07, 6.45) is 1.84. The molecular weight excluding hydrogens is 528 g/mol. The molecule has 2 atom stereocenters. The Hall–Kier alpha value is -4.62. The second-order valence-electron chi connectivity index (χ2n) is 10.2.